The number of ether oxygens (including phenoxy) is 3. The lowest BCUT2D eigenvalue weighted by molar-refractivity contribution is 0.102. The molecule has 0 saturated heterocycles. The van der Waals surface area contributed by atoms with Gasteiger partial charge in [-0.3, -0.25) is 4.79 Å². The summed E-state index contributed by atoms with van der Waals surface area (Å²) < 4.78 is 15.9. The Bertz CT molecular complexity index is 673. The number of carbonyl (C=O) groups excluding carboxylic acids is 1. The minimum atomic E-state index is -0.235. The molecule has 1 N–H and O–H groups in total. The number of nitrogens with one attached hydrogen (secondary N) is 1. The van der Waals surface area contributed by atoms with Crippen LogP contribution in [0.4, 0.5) is 5.69 Å². The van der Waals surface area contributed by atoms with Gasteiger partial charge in [-0.15, -0.1) is 0 Å². The lowest BCUT2D eigenvalue weighted by atomic mass is 10.2. The van der Waals surface area contributed by atoms with Crippen molar-refractivity contribution in [2.75, 3.05) is 32.8 Å². The summed E-state index contributed by atoms with van der Waals surface area (Å²) in [6.07, 6.45) is 0.751. The first-order chi connectivity index (χ1) is 11.6. The van der Waals surface area contributed by atoms with Crippen LogP contribution < -0.4 is 14.8 Å². The van der Waals surface area contributed by atoms with E-state index >= 15 is 0 Å². The third-order valence-electron chi connectivity index (χ3n) is 3.28. The number of benzene rings is 2. The highest BCUT2D eigenvalue weighted by atomic mass is 35.5. The highest BCUT2D eigenvalue weighted by Crippen LogP contribution is 2.28. The zero-order valence-corrected chi connectivity index (χ0v) is 14.4. The molecule has 0 aliphatic carbocycles. The molecule has 0 heterocycles. The highest BCUT2D eigenvalue weighted by molar-refractivity contribution is 6.30. The maximum absolute atomic E-state index is 12.4. The number of anilines is 1. The van der Waals surface area contributed by atoms with Crippen LogP contribution >= 0.6 is 11.6 Å². The molecule has 6 heteroatoms. The van der Waals surface area contributed by atoms with Gasteiger partial charge in [0.15, 0.2) is 11.5 Å². The lowest BCUT2D eigenvalue weighted by Gasteiger charge is -2.12. The van der Waals surface area contributed by atoms with Crippen LogP contribution in [0.15, 0.2) is 42.5 Å². The van der Waals surface area contributed by atoms with Gasteiger partial charge in [-0.1, -0.05) is 11.6 Å². The van der Waals surface area contributed by atoms with Crippen LogP contribution in [0.5, 0.6) is 11.5 Å². The van der Waals surface area contributed by atoms with Crippen LogP contribution in [0.25, 0.3) is 0 Å². The Balaban J connectivity index is 2.08. The number of halogens is 1. The molecule has 0 saturated carbocycles. The molecule has 2 rings (SSSR count). The molecule has 2 aromatic rings. The summed E-state index contributed by atoms with van der Waals surface area (Å²) in [5, 5.41) is 3.43. The minimum Gasteiger partial charge on any atom is -0.493 e. The van der Waals surface area contributed by atoms with Crippen molar-refractivity contribution in [3.8, 4) is 11.5 Å². The molecule has 0 bridgehead atoms. The molecule has 0 aromatic heterocycles. The number of hydrogen-bond donors (Lipinski definition) is 1. The fourth-order valence-corrected chi connectivity index (χ4v) is 2.18. The van der Waals surface area contributed by atoms with Gasteiger partial charge in [0, 0.05) is 36.4 Å². The van der Waals surface area contributed by atoms with Crippen molar-refractivity contribution < 1.29 is 19.0 Å². The second kappa shape index (κ2) is 9.15. The lowest BCUT2D eigenvalue weighted by Crippen LogP contribution is -2.12. The molecule has 128 valence electrons. The van der Waals surface area contributed by atoms with Gasteiger partial charge in [-0.05, 0) is 42.5 Å². The van der Waals surface area contributed by atoms with Gasteiger partial charge in [0.2, 0.25) is 0 Å². The molecule has 24 heavy (non-hydrogen) atoms. The third-order valence-corrected chi connectivity index (χ3v) is 3.53. The van der Waals surface area contributed by atoms with Crippen LogP contribution in [0.1, 0.15) is 16.8 Å². The fraction of sp³-hybridized carbons (Fsp3) is 0.278. The van der Waals surface area contributed by atoms with E-state index in [2.05, 4.69) is 5.32 Å². The van der Waals surface area contributed by atoms with Gasteiger partial charge >= 0.3 is 0 Å². The minimum absolute atomic E-state index is 0.235. The quantitative estimate of drug-likeness (QED) is 0.731. The van der Waals surface area contributed by atoms with E-state index in [9.17, 15) is 4.79 Å². The molecule has 0 aliphatic rings. The predicted octanol–water partition coefficient (Wildman–Crippen LogP) is 4.02. The van der Waals surface area contributed by atoms with E-state index in [0.717, 1.165) is 6.42 Å². The van der Waals surface area contributed by atoms with Crippen molar-refractivity contribution in [2.45, 2.75) is 6.42 Å². The smallest absolute Gasteiger partial charge is 0.255 e. The molecule has 0 radical (unpaired) electrons. The average Bonchev–Trinajstić information content (AvgIpc) is 2.60. The molecule has 5 nitrogen and oxygen atoms in total. The van der Waals surface area contributed by atoms with Gasteiger partial charge < -0.3 is 19.5 Å². The first-order valence-electron chi connectivity index (χ1n) is 7.50. The zero-order chi connectivity index (χ0) is 17.4. The number of carbonyl (C=O) groups is 1. The maximum Gasteiger partial charge on any atom is 0.255 e. The van der Waals surface area contributed by atoms with Gasteiger partial charge in [0.25, 0.3) is 5.91 Å². The largest absolute Gasteiger partial charge is 0.493 e. The first kappa shape index (κ1) is 18.1. The van der Waals surface area contributed by atoms with E-state index in [0.29, 0.717) is 41.0 Å². The Hall–Kier alpha value is -2.24. The summed E-state index contributed by atoms with van der Waals surface area (Å²) in [6.45, 7) is 1.09. The summed E-state index contributed by atoms with van der Waals surface area (Å²) in [5.74, 6) is 0.870. The Morgan fingerprint density at radius 3 is 2.46 bits per heavy atom. The standard InChI is InChI=1S/C18H20ClNO4/c1-22-10-3-11-24-17-12-13(4-9-16(17)23-2)18(21)20-15-7-5-14(19)6-8-15/h4-9,12H,3,10-11H2,1-2H3,(H,20,21). The number of amides is 1. The van der Waals surface area contributed by atoms with Crippen molar-refractivity contribution >= 4 is 23.2 Å². The van der Waals surface area contributed by atoms with Crippen LogP contribution in [-0.2, 0) is 4.74 Å². The number of rotatable bonds is 8. The Kier molecular flexibility index (Phi) is 6.90. The number of hydrogen-bond acceptors (Lipinski definition) is 4. The highest BCUT2D eigenvalue weighted by Gasteiger charge is 2.11. The second-order valence-electron chi connectivity index (χ2n) is 5.02. The normalized spacial score (nSPS) is 10.3. The molecule has 1 amide bonds. The fourth-order valence-electron chi connectivity index (χ4n) is 2.05. The molecule has 0 atom stereocenters. The van der Waals surface area contributed by atoms with Crippen molar-refractivity contribution in [3.05, 3.63) is 53.1 Å². The Morgan fingerprint density at radius 2 is 1.79 bits per heavy atom. The maximum atomic E-state index is 12.4. The van der Waals surface area contributed by atoms with Gasteiger partial charge in [0.1, 0.15) is 0 Å². The molecule has 0 fully saturated rings. The van der Waals surface area contributed by atoms with Crippen molar-refractivity contribution in [1.82, 2.24) is 0 Å². The summed E-state index contributed by atoms with van der Waals surface area (Å²) in [7, 11) is 3.20. The van der Waals surface area contributed by atoms with E-state index in [1.54, 1.807) is 56.7 Å². The second-order valence-corrected chi connectivity index (χ2v) is 5.46. The van der Waals surface area contributed by atoms with E-state index in [-0.39, 0.29) is 5.91 Å². The van der Waals surface area contributed by atoms with Gasteiger partial charge in [-0.25, -0.2) is 0 Å². The zero-order valence-electron chi connectivity index (χ0n) is 13.7. The summed E-state index contributed by atoms with van der Waals surface area (Å²) in [6, 6.07) is 12.0. The molecule has 0 aliphatic heterocycles. The summed E-state index contributed by atoms with van der Waals surface area (Å²) in [4.78, 5) is 12.4. The summed E-state index contributed by atoms with van der Waals surface area (Å²) in [5.41, 5.74) is 1.15. The van der Waals surface area contributed by atoms with Crippen LogP contribution in [0.2, 0.25) is 5.02 Å². The molecule has 0 unspecified atom stereocenters. The van der Waals surface area contributed by atoms with E-state index in [4.69, 9.17) is 25.8 Å². The van der Waals surface area contributed by atoms with Crippen molar-refractivity contribution in [2.24, 2.45) is 0 Å². The van der Waals surface area contributed by atoms with Crippen LogP contribution in [-0.4, -0.2) is 33.3 Å². The van der Waals surface area contributed by atoms with Crippen LogP contribution in [0, 0.1) is 0 Å². The van der Waals surface area contributed by atoms with Crippen molar-refractivity contribution in [1.29, 1.82) is 0 Å². The third kappa shape index (κ3) is 5.15. The molecular weight excluding hydrogens is 330 g/mol. The van der Waals surface area contributed by atoms with Gasteiger partial charge in [-0.2, -0.15) is 0 Å². The van der Waals surface area contributed by atoms with Crippen LogP contribution in [0.3, 0.4) is 0 Å². The van der Waals surface area contributed by atoms with E-state index in [1.165, 1.54) is 0 Å². The van der Waals surface area contributed by atoms with E-state index in [1.807, 2.05) is 0 Å². The van der Waals surface area contributed by atoms with Crippen molar-refractivity contribution in [3.63, 3.8) is 0 Å². The monoisotopic (exact) mass is 349 g/mol. The average molecular weight is 350 g/mol. The number of methoxy groups -OCH3 is 2. The first-order valence-corrected chi connectivity index (χ1v) is 7.88. The molecule has 2 aromatic carbocycles. The van der Waals surface area contributed by atoms with Gasteiger partial charge in [0.05, 0.1) is 13.7 Å². The summed E-state index contributed by atoms with van der Waals surface area (Å²) >= 11 is 5.84. The SMILES string of the molecule is COCCCOc1cc(C(=O)Nc2ccc(Cl)cc2)ccc1OC. The molecule has 0 spiro atoms. The molecular formula is C18H20ClNO4. The van der Waals surface area contributed by atoms with E-state index < -0.39 is 0 Å². The predicted molar refractivity (Wildman–Crippen MR) is 94.4 cm³/mol. The topological polar surface area (TPSA) is 56.8 Å². The Labute approximate surface area is 146 Å². The Morgan fingerprint density at radius 1 is 1.04 bits per heavy atom.